The highest BCUT2D eigenvalue weighted by Crippen LogP contribution is 2.33. The zero-order chi connectivity index (χ0) is 15.1. The molecule has 0 amide bonds. The van der Waals surface area contributed by atoms with Gasteiger partial charge in [-0.05, 0) is 24.6 Å². The Morgan fingerprint density at radius 3 is 2.38 bits per heavy atom. The largest absolute Gasteiger partial charge is 0.419 e. The van der Waals surface area contributed by atoms with Crippen molar-refractivity contribution in [2.45, 2.75) is 23.5 Å². The van der Waals surface area contributed by atoms with Crippen LogP contribution in [0.2, 0.25) is 0 Å². The number of sulfonamides is 1. The average molecular weight is 349 g/mol. The first kappa shape index (κ1) is 18.1. The van der Waals surface area contributed by atoms with Crippen molar-refractivity contribution in [3.63, 3.8) is 0 Å². The van der Waals surface area contributed by atoms with Crippen molar-refractivity contribution in [3.8, 4) is 0 Å². The van der Waals surface area contributed by atoms with E-state index in [1.54, 1.807) is 0 Å². The summed E-state index contributed by atoms with van der Waals surface area (Å²) < 4.78 is 76.2. The minimum absolute atomic E-state index is 0. The zero-order valence-corrected chi connectivity index (χ0v) is 12.2. The summed E-state index contributed by atoms with van der Waals surface area (Å²) in [6.45, 7) is 0.184. The highest BCUT2D eigenvalue weighted by molar-refractivity contribution is 7.89. The van der Waals surface area contributed by atoms with Crippen LogP contribution in [0.5, 0.6) is 0 Å². The molecular formula is C11H13ClF4N2O2S. The van der Waals surface area contributed by atoms with Crippen molar-refractivity contribution in [2.24, 2.45) is 5.73 Å². The molecule has 2 rings (SSSR count). The van der Waals surface area contributed by atoms with Gasteiger partial charge in [0.1, 0.15) is 5.82 Å². The molecule has 1 atom stereocenters. The van der Waals surface area contributed by atoms with Crippen LogP contribution in [0.4, 0.5) is 17.6 Å². The molecule has 2 N–H and O–H groups in total. The van der Waals surface area contributed by atoms with Gasteiger partial charge in [0.15, 0.2) is 0 Å². The number of nitrogens with two attached hydrogens (primary N) is 1. The second-order valence-corrected chi connectivity index (χ2v) is 6.49. The first-order valence-corrected chi connectivity index (χ1v) is 7.19. The van der Waals surface area contributed by atoms with E-state index in [1.807, 2.05) is 0 Å². The quantitative estimate of drug-likeness (QED) is 0.831. The van der Waals surface area contributed by atoms with E-state index in [0.29, 0.717) is 18.6 Å². The lowest BCUT2D eigenvalue weighted by Gasteiger charge is -2.17. The minimum Gasteiger partial charge on any atom is -0.326 e. The summed E-state index contributed by atoms with van der Waals surface area (Å²) in [4.78, 5) is -0.583. The maximum absolute atomic E-state index is 13.1. The molecule has 1 fully saturated rings. The van der Waals surface area contributed by atoms with Crippen molar-refractivity contribution in [1.82, 2.24) is 4.31 Å². The normalized spacial score (nSPS) is 20.3. The Labute approximate surface area is 125 Å². The van der Waals surface area contributed by atoms with Gasteiger partial charge in [-0.1, -0.05) is 0 Å². The van der Waals surface area contributed by atoms with Gasteiger partial charge in [-0.25, -0.2) is 12.8 Å². The van der Waals surface area contributed by atoms with Gasteiger partial charge in [0.2, 0.25) is 10.0 Å². The van der Waals surface area contributed by atoms with Gasteiger partial charge in [-0.3, -0.25) is 0 Å². The fourth-order valence-corrected chi connectivity index (χ4v) is 3.54. The lowest BCUT2D eigenvalue weighted by atomic mass is 10.2. The number of hydrogen-bond donors (Lipinski definition) is 1. The zero-order valence-electron chi connectivity index (χ0n) is 10.6. The molecule has 0 aromatic heterocycles. The van der Waals surface area contributed by atoms with E-state index in [9.17, 15) is 26.0 Å². The van der Waals surface area contributed by atoms with Crippen molar-refractivity contribution < 1.29 is 26.0 Å². The fourth-order valence-electron chi connectivity index (χ4n) is 2.00. The average Bonchev–Trinajstić information content (AvgIpc) is 2.75. The van der Waals surface area contributed by atoms with Gasteiger partial charge in [0.25, 0.3) is 0 Å². The molecular weight excluding hydrogens is 336 g/mol. The molecule has 4 nitrogen and oxygen atoms in total. The summed E-state index contributed by atoms with van der Waals surface area (Å²) in [5, 5.41) is 0. The van der Waals surface area contributed by atoms with Crippen molar-refractivity contribution in [1.29, 1.82) is 0 Å². The van der Waals surface area contributed by atoms with E-state index in [1.165, 1.54) is 0 Å². The number of alkyl halides is 3. The third-order valence-electron chi connectivity index (χ3n) is 3.07. The van der Waals surface area contributed by atoms with E-state index >= 15 is 0 Å². The van der Waals surface area contributed by atoms with Gasteiger partial charge in [0, 0.05) is 19.1 Å². The molecule has 1 aliphatic heterocycles. The minimum atomic E-state index is -4.95. The number of nitrogens with zero attached hydrogens (tertiary/aromatic N) is 1. The summed E-state index contributed by atoms with van der Waals surface area (Å²) in [6, 6.07) is 1.30. The molecule has 0 spiro atoms. The molecule has 0 aliphatic carbocycles. The summed E-state index contributed by atoms with van der Waals surface area (Å²) >= 11 is 0. The summed E-state index contributed by atoms with van der Waals surface area (Å²) in [6.07, 6.45) is -4.51. The predicted molar refractivity (Wildman–Crippen MR) is 70.0 cm³/mol. The summed E-state index contributed by atoms with van der Waals surface area (Å²) in [5.41, 5.74) is 3.98. The third-order valence-corrected chi connectivity index (χ3v) is 4.93. The van der Waals surface area contributed by atoms with Gasteiger partial charge in [0.05, 0.1) is 10.5 Å². The highest BCUT2D eigenvalue weighted by Gasteiger charge is 2.37. The van der Waals surface area contributed by atoms with E-state index in [0.717, 1.165) is 10.4 Å². The SMILES string of the molecule is Cl.N[C@H]1CCN(S(=O)(=O)c2ccc(F)c(C(F)(F)F)c2)C1. The Morgan fingerprint density at radius 1 is 1.29 bits per heavy atom. The van der Waals surface area contributed by atoms with Crippen LogP contribution in [0.3, 0.4) is 0 Å². The number of halogens is 5. The van der Waals surface area contributed by atoms with Crippen LogP contribution >= 0.6 is 12.4 Å². The first-order valence-electron chi connectivity index (χ1n) is 5.75. The van der Waals surface area contributed by atoms with Crippen LogP contribution in [0.25, 0.3) is 0 Å². The van der Waals surface area contributed by atoms with Crippen LogP contribution in [-0.4, -0.2) is 31.9 Å². The smallest absolute Gasteiger partial charge is 0.326 e. The number of benzene rings is 1. The van der Waals surface area contributed by atoms with Crippen molar-refractivity contribution in [2.75, 3.05) is 13.1 Å². The van der Waals surface area contributed by atoms with Gasteiger partial charge in [-0.2, -0.15) is 17.5 Å². The van der Waals surface area contributed by atoms with Crippen LogP contribution in [0, 0.1) is 5.82 Å². The molecule has 1 aromatic rings. The topological polar surface area (TPSA) is 63.4 Å². The Hall–Kier alpha value is -0.900. The monoisotopic (exact) mass is 348 g/mol. The highest BCUT2D eigenvalue weighted by atomic mass is 35.5. The lowest BCUT2D eigenvalue weighted by Crippen LogP contribution is -2.32. The molecule has 0 unspecified atom stereocenters. The molecule has 0 bridgehead atoms. The van der Waals surface area contributed by atoms with E-state index < -0.39 is 32.5 Å². The van der Waals surface area contributed by atoms with Gasteiger partial charge < -0.3 is 5.73 Å². The van der Waals surface area contributed by atoms with Gasteiger partial charge >= 0.3 is 6.18 Å². The molecule has 1 aromatic carbocycles. The third kappa shape index (κ3) is 3.65. The molecule has 120 valence electrons. The van der Waals surface area contributed by atoms with Gasteiger partial charge in [-0.15, -0.1) is 12.4 Å². The van der Waals surface area contributed by atoms with Crippen LogP contribution < -0.4 is 5.73 Å². The Morgan fingerprint density at radius 2 is 1.90 bits per heavy atom. The standard InChI is InChI=1S/C11H12F4N2O2S.ClH/c12-10-2-1-8(5-9(10)11(13,14)15)20(18,19)17-4-3-7(16)6-17;/h1-2,5,7H,3-4,6,16H2;1H/t7-;/m0./s1. The van der Waals surface area contributed by atoms with Crippen LogP contribution in [0.15, 0.2) is 23.1 Å². The Bertz CT molecular complexity index is 621. The molecule has 10 heteroatoms. The number of hydrogen-bond acceptors (Lipinski definition) is 3. The van der Waals surface area contributed by atoms with E-state index in [4.69, 9.17) is 5.73 Å². The molecule has 0 radical (unpaired) electrons. The first-order chi connectivity index (χ1) is 9.12. The number of rotatable bonds is 2. The molecule has 1 heterocycles. The lowest BCUT2D eigenvalue weighted by molar-refractivity contribution is -0.140. The maximum Gasteiger partial charge on any atom is 0.419 e. The Balaban J connectivity index is 0.00000220. The van der Waals surface area contributed by atoms with E-state index in [-0.39, 0.29) is 31.5 Å². The second-order valence-electron chi connectivity index (χ2n) is 4.55. The predicted octanol–water partition coefficient (Wildman–Crippen LogP) is 1.99. The summed E-state index contributed by atoms with van der Waals surface area (Å²) in [5.74, 6) is -1.51. The molecule has 0 saturated carbocycles. The van der Waals surface area contributed by atoms with E-state index in [2.05, 4.69) is 0 Å². The maximum atomic E-state index is 13.1. The molecule has 1 saturated heterocycles. The van der Waals surface area contributed by atoms with Crippen molar-refractivity contribution >= 4 is 22.4 Å². The summed E-state index contributed by atoms with van der Waals surface area (Å²) in [7, 11) is -4.08. The van der Waals surface area contributed by atoms with Crippen LogP contribution in [-0.2, 0) is 16.2 Å². The second kappa shape index (κ2) is 6.07. The molecule has 1 aliphatic rings. The van der Waals surface area contributed by atoms with Crippen LogP contribution in [0.1, 0.15) is 12.0 Å². The fraction of sp³-hybridized carbons (Fsp3) is 0.455. The van der Waals surface area contributed by atoms with Crippen molar-refractivity contribution in [3.05, 3.63) is 29.6 Å². The Kier molecular flexibility index (Phi) is 5.25. The molecule has 21 heavy (non-hydrogen) atoms.